The molecule has 0 radical (unpaired) electrons. The van der Waals surface area contributed by atoms with Gasteiger partial charge in [-0.25, -0.2) is 14.8 Å². The topological polar surface area (TPSA) is 58.6 Å². The summed E-state index contributed by atoms with van der Waals surface area (Å²) < 4.78 is 4.75. The Morgan fingerprint density at radius 2 is 1.83 bits per heavy atom. The van der Waals surface area contributed by atoms with Crippen LogP contribution in [0.15, 0.2) is 30.3 Å². The van der Waals surface area contributed by atoms with Crippen LogP contribution < -0.4 is 9.80 Å². The van der Waals surface area contributed by atoms with Gasteiger partial charge in [-0.15, -0.1) is 0 Å². The van der Waals surface area contributed by atoms with Crippen LogP contribution in [0.2, 0.25) is 5.02 Å². The summed E-state index contributed by atoms with van der Waals surface area (Å²) in [5, 5.41) is 0.736. The Labute approximate surface area is 146 Å². The second-order valence-electron chi connectivity index (χ2n) is 5.64. The average molecular weight is 347 g/mol. The van der Waals surface area contributed by atoms with Crippen LogP contribution in [0.4, 0.5) is 11.6 Å². The first-order chi connectivity index (χ1) is 11.6. The Morgan fingerprint density at radius 1 is 1.12 bits per heavy atom. The second kappa shape index (κ2) is 7.05. The fourth-order valence-electron chi connectivity index (χ4n) is 2.74. The van der Waals surface area contributed by atoms with Crippen molar-refractivity contribution in [2.75, 3.05) is 43.1 Å². The van der Waals surface area contributed by atoms with E-state index in [2.05, 4.69) is 25.8 Å². The van der Waals surface area contributed by atoms with Crippen LogP contribution in [0.5, 0.6) is 0 Å². The molecule has 0 N–H and O–H groups in total. The summed E-state index contributed by atoms with van der Waals surface area (Å²) >= 11 is 6.07. The van der Waals surface area contributed by atoms with Crippen molar-refractivity contribution in [3.8, 4) is 0 Å². The smallest absolute Gasteiger partial charge is 0.356 e. The number of anilines is 2. The Bertz CT molecular complexity index is 745. The largest absolute Gasteiger partial charge is 0.464 e. The molecule has 1 aromatic carbocycles. The minimum absolute atomic E-state index is 0.289. The van der Waals surface area contributed by atoms with Gasteiger partial charge in [0.25, 0.3) is 0 Å². The highest BCUT2D eigenvalue weighted by atomic mass is 35.5. The van der Waals surface area contributed by atoms with Crippen molar-refractivity contribution in [3.05, 3.63) is 46.7 Å². The molecule has 2 aromatic rings. The Hall–Kier alpha value is -2.34. The van der Waals surface area contributed by atoms with Crippen LogP contribution in [0.3, 0.4) is 0 Å². The van der Waals surface area contributed by atoms with Crippen LogP contribution in [0, 0.1) is 6.92 Å². The van der Waals surface area contributed by atoms with E-state index in [0.29, 0.717) is 5.95 Å². The number of ether oxygens (including phenoxy) is 1. The van der Waals surface area contributed by atoms with Crippen LogP contribution in [0.1, 0.15) is 16.2 Å². The first kappa shape index (κ1) is 16.5. The van der Waals surface area contributed by atoms with Gasteiger partial charge in [0, 0.05) is 42.6 Å². The molecular formula is C17H19ClN4O2. The first-order valence-corrected chi connectivity index (χ1v) is 8.14. The van der Waals surface area contributed by atoms with E-state index in [-0.39, 0.29) is 5.69 Å². The number of hydrogen-bond acceptors (Lipinski definition) is 6. The van der Waals surface area contributed by atoms with Crippen LogP contribution in [-0.2, 0) is 4.74 Å². The van der Waals surface area contributed by atoms with E-state index >= 15 is 0 Å². The maximum Gasteiger partial charge on any atom is 0.356 e. The van der Waals surface area contributed by atoms with E-state index in [4.69, 9.17) is 16.3 Å². The van der Waals surface area contributed by atoms with Crippen molar-refractivity contribution < 1.29 is 9.53 Å². The van der Waals surface area contributed by atoms with Gasteiger partial charge < -0.3 is 14.5 Å². The number of carbonyl (C=O) groups excluding carboxylic acids is 1. The van der Waals surface area contributed by atoms with Gasteiger partial charge in [-0.3, -0.25) is 0 Å². The number of rotatable bonds is 3. The molecule has 0 spiro atoms. The molecule has 6 nitrogen and oxygen atoms in total. The molecule has 1 aliphatic rings. The van der Waals surface area contributed by atoms with E-state index < -0.39 is 5.97 Å². The van der Waals surface area contributed by atoms with E-state index in [1.807, 2.05) is 25.1 Å². The van der Waals surface area contributed by atoms with Crippen LogP contribution >= 0.6 is 11.6 Å². The molecule has 0 aliphatic carbocycles. The third-order valence-electron chi connectivity index (χ3n) is 3.97. The van der Waals surface area contributed by atoms with Gasteiger partial charge in [0.15, 0.2) is 5.69 Å². The Morgan fingerprint density at radius 3 is 2.50 bits per heavy atom. The number of benzene rings is 1. The molecule has 1 aromatic heterocycles. The minimum atomic E-state index is -0.445. The van der Waals surface area contributed by atoms with E-state index in [1.165, 1.54) is 7.11 Å². The Kier molecular flexibility index (Phi) is 4.85. The zero-order chi connectivity index (χ0) is 17.1. The summed E-state index contributed by atoms with van der Waals surface area (Å²) in [5.41, 5.74) is 2.15. The predicted octanol–water partition coefficient (Wildman–Crippen LogP) is 2.55. The normalized spacial score (nSPS) is 14.6. The number of carbonyl (C=O) groups is 1. The highest BCUT2D eigenvalue weighted by Gasteiger charge is 2.21. The summed E-state index contributed by atoms with van der Waals surface area (Å²) in [6.07, 6.45) is 0. The number of aryl methyl sites for hydroxylation is 1. The molecule has 2 heterocycles. The summed E-state index contributed by atoms with van der Waals surface area (Å²) in [7, 11) is 1.35. The molecule has 3 rings (SSSR count). The lowest BCUT2D eigenvalue weighted by Crippen LogP contribution is -2.47. The third-order valence-corrected chi connectivity index (χ3v) is 4.21. The monoisotopic (exact) mass is 346 g/mol. The zero-order valence-electron chi connectivity index (χ0n) is 13.7. The molecule has 0 saturated carbocycles. The van der Waals surface area contributed by atoms with E-state index in [1.54, 1.807) is 6.07 Å². The van der Waals surface area contributed by atoms with Crippen LogP contribution in [-0.4, -0.2) is 49.2 Å². The molecule has 7 heteroatoms. The number of hydrogen-bond donors (Lipinski definition) is 0. The van der Waals surface area contributed by atoms with Crippen molar-refractivity contribution >= 4 is 29.2 Å². The summed E-state index contributed by atoms with van der Waals surface area (Å²) in [5.74, 6) is 0.125. The van der Waals surface area contributed by atoms with Gasteiger partial charge in [-0.1, -0.05) is 17.7 Å². The van der Waals surface area contributed by atoms with Gasteiger partial charge in [-0.05, 0) is 31.2 Å². The molecule has 0 bridgehead atoms. The summed E-state index contributed by atoms with van der Waals surface area (Å²) in [6, 6.07) is 9.49. The summed E-state index contributed by atoms with van der Waals surface area (Å²) in [4.78, 5) is 24.9. The number of aromatic nitrogens is 2. The van der Waals surface area contributed by atoms with Crippen molar-refractivity contribution in [3.63, 3.8) is 0 Å². The van der Waals surface area contributed by atoms with Gasteiger partial charge in [-0.2, -0.15) is 0 Å². The van der Waals surface area contributed by atoms with Gasteiger partial charge in [0.05, 0.1) is 7.11 Å². The summed E-state index contributed by atoms with van der Waals surface area (Å²) in [6.45, 7) is 5.07. The van der Waals surface area contributed by atoms with Gasteiger partial charge in [0.2, 0.25) is 5.95 Å². The average Bonchev–Trinajstić information content (AvgIpc) is 2.60. The lowest BCUT2D eigenvalue weighted by molar-refractivity contribution is 0.0593. The van der Waals surface area contributed by atoms with Crippen molar-refractivity contribution in [2.24, 2.45) is 0 Å². The number of methoxy groups -OCH3 is 1. The Balaban J connectivity index is 1.73. The molecular weight excluding hydrogens is 328 g/mol. The van der Waals surface area contributed by atoms with E-state index in [0.717, 1.165) is 42.6 Å². The fraction of sp³-hybridized carbons (Fsp3) is 0.353. The third kappa shape index (κ3) is 3.59. The number of halogens is 1. The molecule has 0 atom stereocenters. The SMILES string of the molecule is COC(=O)c1cc(C)nc(N2CCN(c3cccc(Cl)c3)CC2)n1. The molecule has 126 valence electrons. The highest BCUT2D eigenvalue weighted by Crippen LogP contribution is 2.22. The first-order valence-electron chi connectivity index (χ1n) is 7.76. The van der Waals surface area contributed by atoms with E-state index in [9.17, 15) is 4.79 Å². The molecule has 1 aliphatic heterocycles. The maximum absolute atomic E-state index is 11.7. The lowest BCUT2D eigenvalue weighted by atomic mass is 10.2. The highest BCUT2D eigenvalue weighted by molar-refractivity contribution is 6.30. The van der Waals surface area contributed by atoms with Crippen molar-refractivity contribution in [1.29, 1.82) is 0 Å². The van der Waals surface area contributed by atoms with Crippen LogP contribution in [0.25, 0.3) is 0 Å². The number of esters is 1. The molecule has 0 amide bonds. The molecule has 24 heavy (non-hydrogen) atoms. The second-order valence-corrected chi connectivity index (χ2v) is 6.08. The predicted molar refractivity (Wildman–Crippen MR) is 94.0 cm³/mol. The lowest BCUT2D eigenvalue weighted by Gasteiger charge is -2.36. The zero-order valence-corrected chi connectivity index (χ0v) is 14.5. The molecule has 1 fully saturated rings. The minimum Gasteiger partial charge on any atom is -0.464 e. The number of piperazine rings is 1. The van der Waals surface area contributed by atoms with Gasteiger partial charge in [0.1, 0.15) is 0 Å². The number of nitrogens with zero attached hydrogens (tertiary/aromatic N) is 4. The van der Waals surface area contributed by atoms with Gasteiger partial charge >= 0.3 is 5.97 Å². The molecule has 0 unspecified atom stereocenters. The maximum atomic E-state index is 11.7. The van der Waals surface area contributed by atoms with Crippen molar-refractivity contribution in [1.82, 2.24) is 9.97 Å². The van der Waals surface area contributed by atoms with Crippen molar-refractivity contribution in [2.45, 2.75) is 6.92 Å². The molecule has 1 saturated heterocycles. The quantitative estimate of drug-likeness (QED) is 0.796. The standard InChI is InChI=1S/C17H19ClN4O2/c1-12-10-15(16(23)24-2)20-17(19-12)22-8-6-21(7-9-22)14-5-3-4-13(18)11-14/h3-5,10-11H,6-9H2,1-2H3. The fourth-order valence-corrected chi connectivity index (χ4v) is 2.93.